The second-order valence-electron chi connectivity index (χ2n) is 6.13. The molecule has 2 fully saturated rings. The quantitative estimate of drug-likeness (QED) is 0.497. The molecule has 1 atom stereocenters. The summed E-state index contributed by atoms with van der Waals surface area (Å²) in [6, 6.07) is 3.75. The minimum absolute atomic E-state index is 0.00228. The van der Waals surface area contributed by atoms with Crippen molar-refractivity contribution in [1.82, 2.24) is 14.9 Å². The summed E-state index contributed by atoms with van der Waals surface area (Å²) >= 11 is 0. The van der Waals surface area contributed by atoms with Gasteiger partial charge in [-0.3, -0.25) is 9.59 Å². The minimum atomic E-state index is -3.70. The highest BCUT2D eigenvalue weighted by Gasteiger charge is 2.39. The van der Waals surface area contributed by atoms with Gasteiger partial charge in [0.15, 0.2) is 0 Å². The van der Waals surface area contributed by atoms with Crippen molar-refractivity contribution in [3.8, 4) is 5.75 Å². The van der Waals surface area contributed by atoms with Gasteiger partial charge >= 0.3 is 0 Å². The van der Waals surface area contributed by atoms with E-state index < -0.39 is 21.8 Å². The molecule has 2 saturated heterocycles. The van der Waals surface area contributed by atoms with Gasteiger partial charge in [0.25, 0.3) is 0 Å². The van der Waals surface area contributed by atoms with Crippen molar-refractivity contribution in [1.29, 1.82) is 0 Å². The molecule has 0 aromatic heterocycles. The first kappa shape index (κ1) is 17.6. The predicted octanol–water partition coefficient (Wildman–Crippen LogP) is -0.941. The Labute approximate surface area is 145 Å². The number of nitrogens with zero attached hydrogens (tertiary/aromatic N) is 1. The summed E-state index contributed by atoms with van der Waals surface area (Å²) in [6.07, 6.45) is 0.109. The van der Waals surface area contributed by atoms with E-state index in [-0.39, 0.29) is 34.7 Å². The molecule has 0 spiro atoms. The lowest BCUT2D eigenvalue weighted by atomic mass is 10.1. The molecule has 1 aromatic rings. The van der Waals surface area contributed by atoms with Gasteiger partial charge < -0.3 is 20.6 Å². The predicted molar refractivity (Wildman–Crippen MR) is 89.5 cm³/mol. The van der Waals surface area contributed by atoms with Gasteiger partial charge in [-0.2, -0.15) is 0 Å². The van der Waals surface area contributed by atoms with E-state index >= 15 is 0 Å². The SMILES string of the molecule is CNS(=O)(=O)c1ccc(O)c(NC(=O)C2CC(=O)N(C3CNC3)C2)c1. The van der Waals surface area contributed by atoms with E-state index in [4.69, 9.17) is 0 Å². The van der Waals surface area contributed by atoms with Gasteiger partial charge in [0.05, 0.1) is 22.5 Å². The molecule has 1 aromatic carbocycles. The fourth-order valence-electron chi connectivity index (χ4n) is 2.89. The number of sulfonamides is 1. The fourth-order valence-corrected chi connectivity index (χ4v) is 3.64. The van der Waals surface area contributed by atoms with E-state index in [1.165, 1.54) is 25.2 Å². The van der Waals surface area contributed by atoms with Gasteiger partial charge in [0.1, 0.15) is 5.75 Å². The number of nitrogens with one attached hydrogen (secondary N) is 3. The average molecular weight is 368 g/mol. The van der Waals surface area contributed by atoms with Crippen LogP contribution in [0.3, 0.4) is 0 Å². The van der Waals surface area contributed by atoms with Crippen molar-refractivity contribution in [2.75, 3.05) is 32.0 Å². The van der Waals surface area contributed by atoms with Crippen LogP contribution in [0.1, 0.15) is 6.42 Å². The minimum Gasteiger partial charge on any atom is -0.506 e. The number of aromatic hydroxyl groups is 1. The van der Waals surface area contributed by atoms with Gasteiger partial charge in [-0.1, -0.05) is 0 Å². The topological polar surface area (TPSA) is 128 Å². The molecule has 0 radical (unpaired) electrons. The Morgan fingerprint density at radius 2 is 2.08 bits per heavy atom. The van der Waals surface area contributed by atoms with Crippen LogP contribution < -0.4 is 15.4 Å². The van der Waals surface area contributed by atoms with E-state index in [1.54, 1.807) is 4.90 Å². The monoisotopic (exact) mass is 368 g/mol. The number of hydrogen-bond acceptors (Lipinski definition) is 6. The Kier molecular flexibility index (Phi) is 4.67. The summed E-state index contributed by atoms with van der Waals surface area (Å²) in [6.45, 7) is 1.78. The molecule has 2 amide bonds. The first-order valence-electron chi connectivity index (χ1n) is 7.89. The van der Waals surface area contributed by atoms with Crippen molar-refractivity contribution >= 4 is 27.5 Å². The summed E-state index contributed by atoms with van der Waals surface area (Å²) < 4.78 is 25.9. The maximum atomic E-state index is 12.4. The number of phenolic OH excluding ortho intramolecular Hbond substituents is 1. The first-order valence-corrected chi connectivity index (χ1v) is 9.37. The van der Waals surface area contributed by atoms with Crippen LogP contribution in [0.2, 0.25) is 0 Å². The standard InChI is InChI=1S/C15H20N4O5S/c1-16-25(23,24)11-2-3-13(20)12(5-11)18-15(22)9-4-14(21)19(8-9)10-6-17-7-10/h2-3,5,9-10,16-17,20H,4,6-8H2,1H3,(H,18,22). The summed E-state index contributed by atoms with van der Waals surface area (Å²) in [7, 11) is -2.43. The van der Waals surface area contributed by atoms with E-state index in [2.05, 4.69) is 15.4 Å². The number of phenols is 1. The van der Waals surface area contributed by atoms with Gasteiger partial charge in [-0.25, -0.2) is 13.1 Å². The van der Waals surface area contributed by atoms with Gasteiger partial charge in [-0.05, 0) is 25.2 Å². The molecule has 2 heterocycles. The van der Waals surface area contributed by atoms with Crippen LogP contribution in [-0.2, 0) is 19.6 Å². The Balaban J connectivity index is 1.73. The van der Waals surface area contributed by atoms with E-state index in [0.29, 0.717) is 6.54 Å². The molecule has 10 heteroatoms. The first-order chi connectivity index (χ1) is 11.8. The Morgan fingerprint density at radius 1 is 1.36 bits per heavy atom. The second kappa shape index (κ2) is 6.62. The fraction of sp³-hybridized carbons (Fsp3) is 0.467. The normalized spacial score (nSPS) is 21.2. The molecule has 0 aliphatic carbocycles. The highest BCUT2D eigenvalue weighted by atomic mass is 32.2. The van der Waals surface area contributed by atoms with Gasteiger partial charge in [0, 0.05) is 26.1 Å². The zero-order valence-electron chi connectivity index (χ0n) is 13.7. The maximum absolute atomic E-state index is 12.4. The number of likely N-dealkylation sites (tertiary alicyclic amines) is 1. The molecule has 0 bridgehead atoms. The van der Waals surface area contributed by atoms with Crippen LogP contribution in [-0.4, -0.2) is 63.0 Å². The Morgan fingerprint density at radius 3 is 2.68 bits per heavy atom. The highest BCUT2D eigenvalue weighted by molar-refractivity contribution is 7.89. The third kappa shape index (κ3) is 3.46. The maximum Gasteiger partial charge on any atom is 0.240 e. The number of rotatable bonds is 5. The lowest BCUT2D eigenvalue weighted by Crippen LogP contribution is -2.57. The summed E-state index contributed by atoms with van der Waals surface area (Å²) in [5.74, 6) is -1.26. The van der Waals surface area contributed by atoms with E-state index in [9.17, 15) is 23.1 Å². The summed E-state index contributed by atoms with van der Waals surface area (Å²) in [4.78, 5) is 26.1. The molecule has 2 aliphatic rings. The van der Waals surface area contributed by atoms with E-state index in [0.717, 1.165) is 13.1 Å². The van der Waals surface area contributed by atoms with Crippen LogP contribution in [0.15, 0.2) is 23.1 Å². The zero-order chi connectivity index (χ0) is 18.2. The summed E-state index contributed by atoms with van der Waals surface area (Å²) in [5.41, 5.74) is -0.00228. The Bertz CT molecular complexity index is 806. The number of hydrogen-bond donors (Lipinski definition) is 4. The average Bonchev–Trinajstić information content (AvgIpc) is 2.89. The van der Waals surface area contributed by atoms with Gasteiger partial charge in [-0.15, -0.1) is 0 Å². The number of benzene rings is 1. The number of carbonyl (C=O) groups excluding carboxylic acids is 2. The molecule has 9 nitrogen and oxygen atoms in total. The number of anilines is 1. The van der Waals surface area contributed by atoms with Crippen molar-refractivity contribution in [3.63, 3.8) is 0 Å². The van der Waals surface area contributed by atoms with E-state index in [1.807, 2.05) is 0 Å². The van der Waals surface area contributed by atoms with Crippen LogP contribution in [0.4, 0.5) is 5.69 Å². The van der Waals surface area contributed by atoms with Crippen LogP contribution in [0.25, 0.3) is 0 Å². The number of amides is 2. The van der Waals surface area contributed by atoms with Crippen LogP contribution in [0.5, 0.6) is 5.75 Å². The van der Waals surface area contributed by atoms with Crippen LogP contribution >= 0.6 is 0 Å². The lowest BCUT2D eigenvalue weighted by molar-refractivity contribution is -0.130. The molecule has 1 unspecified atom stereocenters. The van der Waals surface area contributed by atoms with Crippen molar-refractivity contribution in [2.45, 2.75) is 17.4 Å². The third-order valence-electron chi connectivity index (χ3n) is 4.53. The zero-order valence-corrected chi connectivity index (χ0v) is 14.5. The molecule has 3 rings (SSSR count). The third-order valence-corrected chi connectivity index (χ3v) is 5.95. The molecular formula is C15H20N4O5S. The second-order valence-corrected chi connectivity index (χ2v) is 8.02. The van der Waals surface area contributed by atoms with Crippen LogP contribution in [0, 0.1) is 5.92 Å². The molecule has 25 heavy (non-hydrogen) atoms. The molecule has 0 saturated carbocycles. The highest BCUT2D eigenvalue weighted by Crippen LogP contribution is 2.28. The molecule has 4 N–H and O–H groups in total. The van der Waals surface area contributed by atoms with Crippen molar-refractivity contribution in [3.05, 3.63) is 18.2 Å². The molecular weight excluding hydrogens is 348 g/mol. The molecule has 136 valence electrons. The smallest absolute Gasteiger partial charge is 0.240 e. The lowest BCUT2D eigenvalue weighted by Gasteiger charge is -2.35. The van der Waals surface area contributed by atoms with Crippen molar-refractivity contribution in [2.24, 2.45) is 5.92 Å². The molecule has 2 aliphatic heterocycles. The van der Waals surface area contributed by atoms with Gasteiger partial charge in [0.2, 0.25) is 21.8 Å². The Hall–Kier alpha value is -2.17. The number of carbonyl (C=O) groups is 2. The van der Waals surface area contributed by atoms with Crippen molar-refractivity contribution < 1.29 is 23.1 Å². The summed E-state index contributed by atoms with van der Waals surface area (Å²) in [5, 5.41) is 15.5. The largest absolute Gasteiger partial charge is 0.506 e.